The maximum absolute atomic E-state index is 13.3. The number of nitrogens with zero attached hydrogens (tertiary/aromatic N) is 4. The highest BCUT2D eigenvalue weighted by atomic mass is 32.2. The molecule has 1 amide bonds. The molecule has 0 unspecified atom stereocenters. The van der Waals surface area contributed by atoms with E-state index in [9.17, 15) is 23.3 Å². The molecule has 2 aliphatic rings. The minimum Gasteiger partial charge on any atom is -0.378 e. The number of amides is 1. The summed E-state index contributed by atoms with van der Waals surface area (Å²) in [5.41, 5.74) is 0.734. The summed E-state index contributed by atoms with van der Waals surface area (Å²) >= 11 is 1.16. The number of nitro benzene ring substituents is 1. The molecule has 12 heteroatoms. The first kappa shape index (κ1) is 21.7. The van der Waals surface area contributed by atoms with Gasteiger partial charge in [-0.2, -0.15) is 4.31 Å². The second kappa shape index (κ2) is 8.91. The number of hydrogen-bond donors (Lipinski definition) is 0. The summed E-state index contributed by atoms with van der Waals surface area (Å²) in [6.07, 6.45) is 0. The summed E-state index contributed by atoms with van der Waals surface area (Å²) in [5, 5.41) is 13.0. The first-order chi connectivity index (χ1) is 14.9. The van der Waals surface area contributed by atoms with E-state index in [2.05, 4.69) is 0 Å². The third kappa shape index (κ3) is 4.42. The zero-order valence-electron chi connectivity index (χ0n) is 16.7. The number of carbonyl (C=O) groups excluding carboxylic acids is 1. The van der Waals surface area contributed by atoms with Crippen molar-refractivity contribution in [1.29, 1.82) is 0 Å². The number of sulfonamides is 1. The van der Waals surface area contributed by atoms with Crippen LogP contribution in [0.1, 0.15) is 10.4 Å². The number of ether oxygens (including phenoxy) is 1. The third-order valence-corrected chi connectivity index (χ3v) is 8.66. The summed E-state index contributed by atoms with van der Waals surface area (Å²) in [5.74, 6) is -0.335. The molecular formula is C19H22N4O6S2. The monoisotopic (exact) mass is 466 g/mol. The van der Waals surface area contributed by atoms with Crippen molar-refractivity contribution in [2.75, 3.05) is 57.4 Å². The maximum Gasteiger partial charge on any atom is 0.270 e. The number of rotatable bonds is 5. The lowest BCUT2D eigenvalue weighted by molar-refractivity contribution is -0.384. The molecule has 1 aromatic heterocycles. The Bertz CT molecular complexity index is 1060. The molecule has 0 N–H and O–H groups in total. The predicted octanol–water partition coefficient (Wildman–Crippen LogP) is 1.64. The molecule has 0 atom stereocenters. The number of anilines is 1. The summed E-state index contributed by atoms with van der Waals surface area (Å²) in [6, 6.07) is 7.56. The van der Waals surface area contributed by atoms with Crippen LogP contribution >= 0.6 is 11.3 Å². The lowest BCUT2D eigenvalue weighted by Gasteiger charge is -2.35. The molecule has 0 spiro atoms. The Balaban J connectivity index is 1.54. The Morgan fingerprint density at radius 3 is 2.39 bits per heavy atom. The fourth-order valence-electron chi connectivity index (χ4n) is 3.73. The van der Waals surface area contributed by atoms with Crippen LogP contribution in [0.4, 0.5) is 11.4 Å². The molecule has 0 saturated carbocycles. The van der Waals surface area contributed by atoms with Crippen molar-refractivity contribution in [2.45, 2.75) is 4.21 Å². The molecular weight excluding hydrogens is 444 g/mol. The second-order valence-corrected chi connectivity index (χ2v) is 10.3. The van der Waals surface area contributed by atoms with Crippen LogP contribution in [0.3, 0.4) is 0 Å². The van der Waals surface area contributed by atoms with Crippen molar-refractivity contribution in [3.05, 3.63) is 51.4 Å². The van der Waals surface area contributed by atoms with E-state index in [0.717, 1.165) is 11.3 Å². The number of morpholine rings is 1. The number of benzene rings is 1. The van der Waals surface area contributed by atoms with Gasteiger partial charge in [-0.05, 0) is 17.5 Å². The second-order valence-electron chi connectivity index (χ2n) is 7.19. The average Bonchev–Trinajstić information content (AvgIpc) is 3.35. The SMILES string of the molecule is O=C(c1cc([N+](=O)[O-])ccc1N1CCOCC1)N1CCN(S(=O)(=O)c2cccs2)CC1. The molecule has 2 fully saturated rings. The van der Waals surface area contributed by atoms with Gasteiger partial charge in [0.15, 0.2) is 0 Å². The van der Waals surface area contributed by atoms with E-state index in [-0.39, 0.29) is 47.5 Å². The Labute approximate surface area is 183 Å². The van der Waals surface area contributed by atoms with E-state index < -0.39 is 14.9 Å². The van der Waals surface area contributed by atoms with Crippen LogP contribution in [0.2, 0.25) is 0 Å². The Morgan fingerprint density at radius 2 is 1.77 bits per heavy atom. The first-order valence-corrected chi connectivity index (χ1v) is 12.1. The van der Waals surface area contributed by atoms with Crippen molar-refractivity contribution >= 4 is 38.6 Å². The number of carbonyl (C=O) groups is 1. The number of non-ortho nitro benzene ring substituents is 1. The highest BCUT2D eigenvalue weighted by Gasteiger charge is 2.32. The standard InChI is InChI=1S/C19H22N4O6S2/c24-19(21-5-7-22(8-6-21)31(27,28)18-2-1-13-30-18)16-14-15(23(25)26)3-4-17(16)20-9-11-29-12-10-20/h1-4,13-14H,5-12H2. The smallest absolute Gasteiger partial charge is 0.270 e. The van der Waals surface area contributed by atoms with Crippen molar-refractivity contribution in [2.24, 2.45) is 0 Å². The zero-order chi connectivity index (χ0) is 22.0. The van der Waals surface area contributed by atoms with Gasteiger partial charge in [-0.25, -0.2) is 8.42 Å². The van der Waals surface area contributed by atoms with Crippen molar-refractivity contribution in [3.8, 4) is 0 Å². The molecule has 4 rings (SSSR count). The highest BCUT2D eigenvalue weighted by molar-refractivity contribution is 7.91. The van der Waals surface area contributed by atoms with Gasteiger partial charge in [-0.3, -0.25) is 14.9 Å². The fourth-order valence-corrected chi connectivity index (χ4v) is 6.30. The van der Waals surface area contributed by atoms with Crippen molar-refractivity contribution < 1.29 is 22.9 Å². The molecule has 1 aromatic carbocycles. The van der Waals surface area contributed by atoms with Gasteiger partial charge in [0.05, 0.1) is 29.4 Å². The number of nitro groups is 1. The normalized spacial score (nSPS) is 18.2. The molecule has 3 heterocycles. The van der Waals surface area contributed by atoms with Gasteiger partial charge in [0.2, 0.25) is 0 Å². The predicted molar refractivity (Wildman–Crippen MR) is 115 cm³/mol. The molecule has 10 nitrogen and oxygen atoms in total. The molecule has 2 saturated heterocycles. The average molecular weight is 467 g/mol. The molecule has 2 aromatic rings. The topological polar surface area (TPSA) is 113 Å². The Hall–Kier alpha value is -2.54. The highest BCUT2D eigenvalue weighted by Crippen LogP contribution is 2.29. The fraction of sp³-hybridized carbons (Fsp3) is 0.421. The summed E-state index contributed by atoms with van der Waals surface area (Å²) in [7, 11) is -3.57. The largest absolute Gasteiger partial charge is 0.378 e. The summed E-state index contributed by atoms with van der Waals surface area (Å²) in [6.45, 7) is 2.99. The van der Waals surface area contributed by atoms with Crippen molar-refractivity contribution in [3.63, 3.8) is 0 Å². The summed E-state index contributed by atoms with van der Waals surface area (Å²) < 4.78 is 32.4. The van der Waals surface area contributed by atoms with E-state index in [4.69, 9.17) is 4.74 Å². The van der Waals surface area contributed by atoms with Gasteiger partial charge in [-0.15, -0.1) is 11.3 Å². The number of thiophene rings is 1. The third-order valence-electron chi connectivity index (χ3n) is 5.39. The number of piperazine rings is 1. The van der Waals surface area contributed by atoms with Gasteiger partial charge in [-0.1, -0.05) is 6.07 Å². The molecule has 31 heavy (non-hydrogen) atoms. The van der Waals surface area contributed by atoms with Crippen LogP contribution in [-0.2, 0) is 14.8 Å². The first-order valence-electron chi connectivity index (χ1n) is 9.82. The van der Waals surface area contributed by atoms with Crippen molar-refractivity contribution in [1.82, 2.24) is 9.21 Å². The van der Waals surface area contributed by atoms with Gasteiger partial charge in [0.1, 0.15) is 4.21 Å². The molecule has 0 bridgehead atoms. The van der Waals surface area contributed by atoms with Gasteiger partial charge in [0.25, 0.3) is 21.6 Å². The Morgan fingerprint density at radius 1 is 1.06 bits per heavy atom. The van der Waals surface area contributed by atoms with Crippen LogP contribution in [0, 0.1) is 10.1 Å². The van der Waals surface area contributed by atoms with E-state index in [1.807, 2.05) is 4.90 Å². The molecule has 0 aliphatic carbocycles. The molecule has 166 valence electrons. The van der Waals surface area contributed by atoms with E-state index >= 15 is 0 Å². The van der Waals surface area contributed by atoms with E-state index in [1.54, 1.807) is 28.5 Å². The van der Waals surface area contributed by atoms with Gasteiger partial charge in [0, 0.05) is 51.4 Å². The lowest BCUT2D eigenvalue weighted by atomic mass is 10.1. The minimum atomic E-state index is -3.57. The lowest BCUT2D eigenvalue weighted by Crippen LogP contribution is -2.50. The quantitative estimate of drug-likeness (QED) is 0.486. The zero-order valence-corrected chi connectivity index (χ0v) is 18.3. The minimum absolute atomic E-state index is 0.153. The van der Waals surface area contributed by atoms with Crippen LogP contribution in [-0.4, -0.2) is 80.9 Å². The van der Waals surface area contributed by atoms with E-state index in [0.29, 0.717) is 32.0 Å². The Kier molecular flexibility index (Phi) is 6.23. The van der Waals surface area contributed by atoms with Gasteiger partial charge >= 0.3 is 0 Å². The van der Waals surface area contributed by atoms with Crippen LogP contribution < -0.4 is 4.90 Å². The molecule has 2 aliphatic heterocycles. The van der Waals surface area contributed by atoms with E-state index in [1.165, 1.54) is 16.4 Å². The van der Waals surface area contributed by atoms with Crippen LogP contribution in [0.25, 0.3) is 0 Å². The molecule has 0 radical (unpaired) electrons. The maximum atomic E-state index is 13.3. The summed E-state index contributed by atoms with van der Waals surface area (Å²) in [4.78, 5) is 27.6. The number of hydrogen-bond acceptors (Lipinski definition) is 8. The van der Waals surface area contributed by atoms with Gasteiger partial charge < -0.3 is 14.5 Å². The van der Waals surface area contributed by atoms with Crippen LogP contribution in [0.5, 0.6) is 0 Å². The van der Waals surface area contributed by atoms with Crippen LogP contribution in [0.15, 0.2) is 39.9 Å².